The highest BCUT2D eigenvalue weighted by Crippen LogP contribution is 2.34. The molecule has 0 unspecified atom stereocenters. The van der Waals surface area contributed by atoms with E-state index in [-0.39, 0.29) is 12.0 Å². The lowest BCUT2D eigenvalue weighted by Gasteiger charge is -2.26. The first kappa shape index (κ1) is 14.9. The zero-order chi connectivity index (χ0) is 16.7. The smallest absolute Gasteiger partial charge is 0.268 e. The van der Waals surface area contributed by atoms with E-state index in [1.165, 1.54) is 0 Å². The minimum atomic E-state index is -0.0945. The molecule has 4 rings (SSSR count). The summed E-state index contributed by atoms with van der Waals surface area (Å²) >= 11 is 0. The van der Waals surface area contributed by atoms with Gasteiger partial charge in [0.1, 0.15) is 29.1 Å². The van der Waals surface area contributed by atoms with Crippen molar-refractivity contribution in [2.24, 2.45) is 0 Å². The van der Waals surface area contributed by atoms with E-state index in [2.05, 4.69) is 16.8 Å². The Morgan fingerprint density at radius 3 is 2.96 bits per heavy atom. The summed E-state index contributed by atoms with van der Waals surface area (Å²) in [5.41, 5.74) is 1.67. The number of rotatable bonds is 4. The molecule has 24 heavy (non-hydrogen) atoms. The average molecular weight is 324 g/mol. The van der Waals surface area contributed by atoms with Crippen molar-refractivity contribution in [1.82, 2.24) is 9.88 Å². The summed E-state index contributed by atoms with van der Waals surface area (Å²) in [5, 5.41) is 3.98. The topological polar surface area (TPSA) is 56.4 Å². The molecule has 3 aromatic rings. The second-order valence-corrected chi connectivity index (χ2v) is 6.18. The van der Waals surface area contributed by atoms with E-state index < -0.39 is 0 Å². The van der Waals surface area contributed by atoms with Gasteiger partial charge in [-0.15, -0.1) is 0 Å². The van der Waals surface area contributed by atoms with Crippen molar-refractivity contribution in [3.63, 3.8) is 0 Å². The second kappa shape index (κ2) is 5.74. The summed E-state index contributed by atoms with van der Waals surface area (Å²) in [4.78, 5) is 12.7. The normalized spacial score (nSPS) is 16.2. The lowest BCUT2D eigenvalue weighted by atomic mass is 10.2. The van der Waals surface area contributed by atoms with Gasteiger partial charge >= 0.3 is 0 Å². The van der Waals surface area contributed by atoms with Gasteiger partial charge < -0.3 is 19.0 Å². The molecule has 5 heteroatoms. The third kappa shape index (κ3) is 2.46. The van der Waals surface area contributed by atoms with Crippen LogP contribution in [0.15, 0.2) is 40.8 Å². The van der Waals surface area contributed by atoms with Gasteiger partial charge in [0.05, 0.1) is 18.6 Å². The molecule has 5 nitrogen and oxygen atoms in total. The molecule has 1 aromatic carbocycles. The van der Waals surface area contributed by atoms with E-state index in [4.69, 9.17) is 9.15 Å². The number of furan rings is 1. The van der Waals surface area contributed by atoms with Crippen molar-refractivity contribution in [3.8, 4) is 5.75 Å². The summed E-state index contributed by atoms with van der Waals surface area (Å²) in [6.07, 6.45) is 0.996. The SMILES string of the molecule is CC[C@H]1Cn2c(C(=O)NCc3ccc(C)o3)cc3cccc(c32)O1. The fourth-order valence-electron chi connectivity index (χ4n) is 3.23. The van der Waals surface area contributed by atoms with Crippen LogP contribution in [0.5, 0.6) is 5.75 Å². The van der Waals surface area contributed by atoms with Gasteiger partial charge in [0.15, 0.2) is 0 Å². The standard InChI is InChI=1S/C19H20N2O3/c1-3-14-11-21-16(9-13-5-4-6-17(24-14)18(13)21)19(22)20-10-15-8-7-12(2)23-15/h4-9,14H,3,10-11H2,1-2H3,(H,20,22)/t14-/m0/s1. The quantitative estimate of drug-likeness (QED) is 0.797. The van der Waals surface area contributed by atoms with Crippen molar-refractivity contribution in [2.75, 3.05) is 0 Å². The van der Waals surface area contributed by atoms with Crippen molar-refractivity contribution in [2.45, 2.75) is 39.5 Å². The van der Waals surface area contributed by atoms with E-state index in [1.807, 2.05) is 43.3 Å². The van der Waals surface area contributed by atoms with Gasteiger partial charge in [-0.05, 0) is 37.6 Å². The number of hydrogen-bond donors (Lipinski definition) is 1. The van der Waals surface area contributed by atoms with Crippen LogP contribution in [0, 0.1) is 6.92 Å². The van der Waals surface area contributed by atoms with E-state index in [0.717, 1.165) is 34.6 Å². The van der Waals surface area contributed by atoms with Crippen molar-refractivity contribution < 1.29 is 13.9 Å². The molecule has 0 saturated heterocycles. The van der Waals surface area contributed by atoms with Gasteiger partial charge in [0.2, 0.25) is 0 Å². The third-order valence-corrected chi connectivity index (χ3v) is 4.47. The van der Waals surface area contributed by atoms with Crippen molar-refractivity contribution in [3.05, 3.63) is 53.6 Å². The summed E-state index contributed by atoms with van der Waals surface area (Å²) in [6, 6.07) is 11.7. The maximum absolute atomic E-state index is 12.7. The van der Waals surface area contributed by atoms with Crippen LogP contribution < -0.4 is 10.1 Å². The minimum absolute atomic E-state index is 0.0924. The molecule has 1 atom stereocenters. The lowest BCUT2D eigenvalue weighted by Crippen LogP contribution is -2.31. The molecule has 1 aliphatic rings. The van der Waals surface area contributed by atoms with Crippen molar-refractivity contribution in [1.29, 1.82) is 0 Å². The highest BCUT2D eigenvalue weighted by Gasteiger charge is 2.25. The number of carbonyl (C=O) groups excluding carboxylic acids is 1. The number of carbonyl (C=O) groups is 1. The van der Waals surface area contributed by atoms with Crippen LogP contribution in [-0.2, 0) is 13.1 Å². The molecule has 0 radical (unpaired) electrons. The molecule has 0 saturated carbocycles. The zero-order valence-electron chi connectivity index (χ0n) is 13.8. The number of benzene rings is 1. The number of hydrogen-bond acceptors (Lipinski definition) is 3. The van der Waals surface area contributed by atoms with E-state index >= 15 is 0 Å². The number of para-hydroxylation sites is 1. The molecule has 1 N–H and O–H groups in total. The van der Waals surface area contributed by atoms with Gasteiger partial charge in [-0.3, -0.25) is 4.79 Å². The average Bonchev–Trinajstić information content (AvgIpc) is 3.18. The maximum Gasteiger partial charge on any atom is 0.268 e. The van der Waals surface area contributed by atoms with Crippen LogP contribution in [0.25, 0.3) is 10.9 Å². The molecule has 3 heterocycles. The van der Waals surface area contributed by atoms with Crippen LogP contribution in [0.2, 0.25) is 0 Å². The molecule has 1 aliphatic heterocycles. The molecular weight excluding hydrogens is 304 g/mol. The van der Waals surface area contributed by atoms with Crippen LogP contribution >= 0.6 is 0 Å². The van der Waals surface area contributed by atoms with Crippen LogP contribution in [0.1, 0.15) is 35.4 Å². The summed E-state index contributed by atoms with van der Waals surface area (Å²) in [7, 11) is 0. The predicted molar refractivity (Wildman–Crippen MR) is 91.3 cm³/mol. The Morgan fingerprint density at radius 2 is 2.21 bits per heavy atom. The molecule has 124 valence electrons. The van der Waals surface area contributed by atoms with Gasteiger partial charge in [0, 0.05) is 5.39 Å². The van der Waals surface area contributed by atoms with Gasteiger partial charge in [-0.1, -0.05) is 19.1 Å². The monoisotopic (exact) mass is 324 g/mol. The summed E-state index contributed by atoms with van der Waals surface area (Å²) in [5.74, 6) is 2.36. The number of aryl methyl sites for hydroxylation is 1. The Balaban J connectivity index is 1.65. The van der Waals surface area contributed by atoms with Crippen LogP contribution in [-0.4, -0.2) is 16.6 Å². The lowest BCUT2D eigenvalue weighted by molar-refractivity contribution is 0.0932. The number of nitrogens with zero attached hydrogens (tertiary/aromatic N) is 1. The van der Waals surface area contributed by atoms with Gasteiger partial charge in [0.25, 0.3) is 5.91 Å². The third-order valence-electron chi connectivity index (χ3n) is 4.47. The van der Waals surface area contributed by atoms with Gasteiger partial charge in [-0.2, -0.15) is 0 Å². The molecular formula is C19H20N2O3. The Kier molecular flexibility index (Phi) is 3.56. The van der Waals surface area contributed by atoms with E-state index in [9.17, 15) is 4.79 Å². The molecule has 0 fully saturated rings. The highest BCUT2D eigenvalue weighted by atomic mass is 16.5. The summed E-state index contributed by atoms with van der Waals surface area (Å²) < 4.78 is 13.6. The molecule has 2 aromatic heterocycles. The van der Waals surface area contributed by atoms with Crippen LogP contribution in [0.4, 0.5) is 0 Å². The maximum atomic E-state index is 12.7. The Bertz CT molecular complexity index is 907. The molecule has 0 bridgehead atoms. The highest BCUT2D eigenvalue weighted by molar-refractivity contribution is 6.00. The first-order valence-electron chi connectivity index (χ1n) is 8.28. The van der Waals surface area contributed by atoms with E-state index in [0.29, 0.717) is 18.8 Å². The molecule has 1 amide bonds. The molecule has 0 spiro atoms. The van der Waals surface area contributed by atoms with E-state index in [1.54, 1.807) is 0 Å². The molecule has 0 aliphatic carbocycles. The first-order chi connectivity index (χ1) is 11.7. The Labute approximate surface area is 140 Å². The second-order valence-electron chi connectivity index (χ2n) is 6.18. The first-order valence-corrected chi connectivity index (χ1v) is 8.28. The number of nitrogens with one attached hydrogen (secondary N) is 1. The predicted octanol–water partition coefficient (Wildman–Crippen LogP) is 3.64. The fourth-order valence-corrected chi connectivity index (χ4v) is 3.23. The van der Waals surface area contributed by atoms with Crippen molar-refractivity contribution >= 4 is 16.8 Å². The Morgan fingerprint density at radius 1 is 1.33 bits per heavy atom. The zero-order valence-corrected chi connectivity index (χ0v) is 13.8. The fraction of sp³-hybridized carbons (Fsp3) is 0.316. The van der Waals surface area contributed by atoms with Gasteiger partial charge in [-0.25, -0.2) is 0 Å². The summed E-state index contributed by atoms with van der Waals surface area (Å²) in [6.45, 7) is 5.06. The Hall–Kier alpha value is -2.69. The largest absolute Gasteiger partial charge is 0.486 e. The number of amides is 1. The number of aromatic nitrogens is 1. The van der Waals surface area contributed by atoms with Crippen LogP contribution in [0.3, 0.4) is 0 Å². The number of ether oxygens (including phenoxy) is 1. The minimum Gasteiger partial charge on any atom is -0.486 e.